The Hall–Kier alpha value is -1.88. The SMILES string of the molecule is CCOCCC(=O)N/N=C(/C)c1cccc(O)c1. The molecule has 0 saturated heterocycles. The quantitative estimate of drug-likeness (QED) is 0.458. The number of hydrogen-bond acceptors (Lipinski definition) is 4. The third kappa shape index (κ3) is 4.97. The lowest BCUT2D eigenvalue weighted by atomic mass is 10.1. The van der Waals surface area contributed by atoms with Crippen LogP contribution in [0.5, 0.6) is 5.75 Å². The molecule has 0 radical (unpaired) electrons. The van der Waals surface area contributed by atoms with Gasteiger partial charge in [0.1, 0.15) is 5.75 Å². The summed E-state index contributed by atoms with van der Waals surface area (Å²) < 4.78 is 5.07. The highest BCUT2D eigenvalue weighted by Gasteiger charge is 2.01. The number of amides is 1. The van der Waals surface area contributed by atoms with Crippen molar-refractivity contribution >= 4 is 11.6 Å². The molecule has 98 valence electrons. The summed E-state index contributed by atoms with van der Waals surface area (Å²) in [5.74, 6) is -0.0207. The van der Waals surface area contributed by atoms with Crippen LogP contribution in [0.15, 0.2) is 29.4 Å². The molecule has 1 aromatic rings. The van der Waals surface area contributed by atoms with Crippen molar-refractivity contribution in [3.8, 4) is 5.75 Å². The molecule has 0 aromatic heterocycles. The fourth-order valence-corrected chi connectivity index (χ4v) is 1.31. The predicted molar refractivity (Wildman–Crippen MR) is 69.6 cm³/mol. The molecular formula is C13H18N2O3. The summed E-state index contributed by atoms with van der Waals surface area (Å²) in [6.45, 7) is 4.63. The van der Waals surface area contributed by atoms with E-state index in [9.17, 15) is 9.90 Å². The highest BCUT2D eigenvalue weighted by molar-refractivity contribution is 5.99. The first-order valence-corrected chi connectivity index (χ1v) is 5.83. The molecule has 0 spiro atoms. The van der Waals surface area contributed by atoms with E-state index < -0.39 is 0 Å². The van der Waals surface area contributed by atoms with Crippen LogP contribution in [0.3, 0.4) is 0 Å². The Morgan fingerprint density at radius 3 is 2.94 bits per heavy atom. The van der Waals surface area contributed by atoms with Gasteiger partial charge in [0.2, 0.25) is 5.91 Å². The normalized spacial score (nSPS) is 11.3. The zero-order valence-corrected chi connectivity index (χ0v) is 10.6. The zero-order valence-electron chi connectivity index (χ0n) is 10.6. The molecule has 0 atom stereocenters. The van der Waals surface area contributed by atoms with E-state index in [4.69, 9.17) is 4.74 Å². The molecule has 18 heavy (non-hydrogen) atoms. The molecule has 5 heteroatoms. The number of hydrogen-bond donors (Lipinski definition) is 2. The van der Waals surface area contributed by atoms with Crippen molar-refractivity contribution in [3.63, 3.8) is 0 Å². The molecular weight excluding hydrogens is 232 g/mol. The lowest BCUT2D eigenvalue weighted by Gasteiger charge is -2.03. The molecule has 1 aromatic carbocycles. The molecule has 2 N–H and O–H groups in total. The Morgan fingerprint density at radius 2 is 2.28 bits per heavy atom. The van der Waals surface area contributed by atoms with Gasteiger partial charge >= 0.3 is 0 Å². The number of phenols is 1. The maximum atomic E-state index is 11.4. The molecule has 0 saturated carbocycles. The number of carbonyl (C=O) groups is 1. The van der Waals surface area contributed by atoms with E-state index in [0.717, 1.165) is 5.56 Å². The fraction of sp³-hybridized carbons (Fsp3) is 0.385. The molecule has 1 rings (SSSR count). The minimum absolute atomic E-state index is 0.171. The monoisotopic (exact) mass is 250 g/mol. The van der Waals surface area contributed by atoms with Crippen LogP contribution in [0.4, 0.5) is 0 Å². The first-order valence-electron chi connectivity index (χ1n) is 5.83. The van der Waals surface area contributed by atoms with E-state index in [1.54, 1.807) is 25.1 Å². The van der Waals surface area contributed by atoms with Gasteiger partial charge in [-0.3, -0.25) is 4.79 Å². The minimum atomic E-state index is -0.192. The van der Waals surface area contributed by atoms with E-state index in [-0.39, 0.29) is 18.1 Å². The maximum Gasteiger partial charge on any atom is 0.242 e. The molecule has 0 heterocycles. The first kappa shape index (κ1) is 14.2. The van der Waals surface area contributed by atoms with Crippen molar-refractivity contribution in [3.05, 3.63) is 29.8 Å². The topological polar surface area (TPSA) is 70.9 Å². The number of hydrazone groups is 1. The van der Waals surface area contributed by atoms with Crippen LogP contribution in [-0.4, -0.2) is 29.9 Å². The second-order valence-corrected chi connectivity index (χ2v) is 3.73. The Labute approximate surface area is 106 Å². The number of nitrogens with one attached hydrogen (secondary N) is 1. The van der Waals surface area contributed by atoms with Crippen molar-refractivity contribution in [1.29, 1.82) is 0 Å². The summed E-state index contributed by atoms with van der Waals surface area (Å²) in [6.07, 6.45) is 0.282. The molecule has 0 unspecified atom stereocenters. The molecule has 0 bridgehead atoms. The second kappa shape index (κ2) is 7.45. The van der Waals surface area contributed by atoms with Crippen LogP contribution in [0, 0.1) is 0 Å². The van der Waals surface area contributed by atoms with E-state index in [2.05, 4.69) is 10.5 Å². The Balaban J connectivity index is 2.49. The predicted octanol–water partition coefficient (Wildman–Crippen LogP) is 1.66. The van der Waals surface area contributed by atoms with Gasteiger partial charge in [-0.2, -0.15) is 5.10 Å². The van der Waals surface area contributed by atoms with Crippen molar-refractivity contribution in [2.75, 3.05) is 13.2 Å². The smallest absolute Gasteiger partial charge is 0.242 e. The van der Waals surface area contributed by atoms with Gasteiger partial charge in [-0.1, -0.05) is 12.1 Å². The van der Waals surface area contributed by atoms with Gasteiger partial charge < -0.3 is 9.84 Å². The average molecular weight is 250 g/mol. The van der Waals surface area contributed by atoms with Gasteiger partial charge in [-0.25, -0.2) is 5.43 Å². The molecule has 5 nitrogen and oxygen atoms in total. The number of phenolic OH excluding ortho intramolecular Hbond substituents is 1. The number of aromatic hydroxyl groups is 1. The number of benzene rings is 1. The maximum absolute atomic E-state index is 11.4. The Bertz CT molecular complexity index is 430. The van der Waals surface area contributed by atoms with Crippen LogP contribution in [0.25, 0.3) is 0 Å². The zero-order chi connectivity index (χ0) is 13.4. The lowest BCUT2D eigenvalue weighted by molar-refractivity contribution is -0.122. The van der Waals surface area contributed by atoms with E-state index in [0.29, 0.717) is 18.9 Å². The number of rotatable bonds is 6. The number of ether oxygens (including phenoxy) is 1. The van der Waals surface area contributed by atoms with Crippen molar-refractivity contribution in [2.45, 2.75) is 20.3 Å². The molecule has 0 aliphatic rings. The highest BCUT2D eigenvalue weighted by atomic mass is 16.5. The molecule has 0 aliphatic heterocycles. The molecule has 1 amide bonds. The fourth-order valence-electron chi connectivity index (χ4n) is 1.31. The van der Waals surface area contributed by atoms with Crippen molar-refractivity contribution in [1.82, 2.24) is 5.43 Å². The third-order valence-electron chi connectivity index (χ3n) is 2.29. The summed E-state index contributed by atoms with van der Waals surface area (Å²) in [5, 5.41) is 13.3. The summed E-state index contributed by atoms with van der Waals surface area (Å²) in [7, 11) is 0. The largest absolute Gasteiger partial charge is 0.508 e. The van der Waals surface area contributed by atoms with Crippen LogP contribution < -0.4 is 5.43 Å². The van der Waals surface area contributed by atoms with Crippen molar-refractivity contribution in [2.24, 2.45) is 5.10 Å². The Morgan fingerprint density at radius 1 is 1.50 bits per heavy atom. The summed E-state index contributed by atoms with van der Waals surface area (Å²) in [5.41, 5.74) is 3.85. The van der Waals surface area contributed by atoms with Crippen LogP contribution in [0.1, 0.15) is 25.8 Å². The summed E-state index contributed by atoms with van der Waals surface area (Å²) in [4.78, 5) is 11.4. The van der Waals surface area contributed by atoms with Crippen LogP contribution in [0.2, 0.25) is 0 Å². The van der Waals surface area contributed by atoms with Gasteiger partial charge in [-0.15, -0.1) is 0 Å². The van der Waals surface area contributed by atoms with Gasteiger partial charge in [0.15, 0.2) is 0 Å². The number of carbonyl (C=O) groups excluding carboxylic acids is 1. The second-order valence-electron chi connectivity index (χ2n) is 3.73. The van der Waals surface area contributed by atoms with E-state index in [1.807, 2.05) is 13.0 Å². The summed E-state index contributed by atoms with van der Waals surface area (Å²) >= 11 is 0. The van der Waals surface area contributed by atoms with Crippen LogP contribution >= 0.6 is 0 Å². The minimum Gasteiger partial charge on any atom is -0.508 e. The van der Waals surface area contributed by atoms with Crippen LogP contribution in [-0.2, 0) is 9.53 Å². The van der Waals surface area contributed by atoms with Gasteiger partial charge in [-0.05, 0) is 26.0 Å². The van der Waals surface area contributed by atoms with E-state index in [1.165, 1.54) is 0 Å². The van der Waals surface area contributed by atoms with E-state index >= 15 is 0 Å². The standard InChI is InChI=1S/C13H18N2O3/c1-3-18-8-7-13(17)15-14-10(2)11-5-4-6-12(16)9-11/h4-6,9,16H,3,7-8H2,1-2H3,(H,15,17)/b14-10-. The summed E-state index contributed by atoms with van der Waals surface area (Å²) in [6, 6.07) is 6.70. The molecule has 0 fully saturated rings. The van der Waals surface area contributed by atoms with Gasteiger partial charge in [0.25, 0.3) is 0 Å². The van der Waals surface area contributed by atoms with Gasteiger partial charge in [0.05, 0.1) is 18.7 Å². The Kier molecular flexibility index (Phi) is 5.87. The first-order chi connectivity index (χ1) is 8.63. The lowest BCUT2D eigenvalue weighted by Crippen LogP contribution is -2.20. The molecule has 0 aliphatic carbocycles. The highest BCUT2D eigenvalue weighted by Crippen LogP contribution is 2.11. The van der Waals surface area contributed by atoms with Crippen molar-refractivity contribution < 1.29 is 14.6 Å². The third-order valence-corrected chi connectivity index (χ3v) is 2.29. The number of nitrogens with zero attached hydrogens (tertiary/aromatic N) is 1. The van der Waals surface area contributed by atoms with Gasteiger partial charge in [0, 0.05) is 12.2 Å². The average Bonchev–Trinajstić information content (AvgIpc) is 2.36.